The van der Waals surface area contributed by atoms with Gasteiger partial charge in [-0.15, -0.1) is 11.3 Å². The predicted octanol–water partition coefficient (Wildman–Crippen LogP) is 3.76. The topological polar surface area (TPSA) is 42.4 Å². The average molecular weight is 308 g/mol. The first-order chi connectivity index (χ1) is 10.2. The first-order valence-corrected chi connectivity index (χ1v) is 8.93. The molecular weight excluding hydrogens is 284 g/mol. The molecule has 0 amide bonds. The lowest BCUT2D eigenvalue weighted by Gasteiger charge is -2.13. The Morgan fingerprint density at radius 3 is 2.86 bits per heavy atom. The maximum Gasteiger partial charge on any atom is 0.306 e. The van der Waals surface area contributed by atoms with Crippen molar-refractivity contribution in [1.29, 1.82) is 0 Å². The van der Waals surface area contributed by atoms with E-state index in [4.69, 9.17) is 4.74 Å². The summed E-state index contributed by atoms with van der Waals surface area (Å²) in [7, 11) is 2.09. The molecular formula is C16H24N2O2S. The summed E-state index contributed by atoms with van der Waals surface area (Å²) in [5.74, 6) is 0.669. The van der Waals surface area contributed by atoms with Crippen molar-refractivity contribution in [2.24, 2.45) is 5.92 Å². The van der Waals surface area contributed by atoms with Crippen molar-refractivity contribution in [3.05, 3.63) is 11.1 Å². The molecule has 0 bridgehead atoms. The lowest BCUT2D eigenvalue weighted by Crippen LogP contribution is -2.19. The highest BCUT2D eigenvalue weighted by molar-refractivity contribution is 7.13. The minimum Gasteiger partial charge on any atom is -0.459 e. The van der Waals surface area contributed by atoms with Crippen molar-refractivity contribution in [3.8, 4) is 0 Å². The number of rotatable bonds is 7. The zero-order valence-corrected chi connectivity index (χ0v) is 13.5. The van der Waals surface area contributed by atoms with Crippen molar-refractivity contribution in [2.75, 3.05) is 11.9 Å². The first kappa shape index (κ1) is 14.8. The van der Waals surface area contributed by atoms with Crippen molar-refractivity contribution in [3.63, 3.8) is 0 Å². The number of ether oxygens (including phenoxy) is 1. The van der Waals surface area contributed by atoms with Crippen LogP contribution in [-0.2, 0) is 16.1 Å². The second kappa shape index (κ2) is 6.77. The molecule has 0 saturated heterocycles. The molecule has 116 valence electrons. The third-order valence-corrected chi connectivity index (χ3v) is 5.53. The lowest BCUT2D eigenvalue weighted by atomic mass is 10.0. The third-order valence-electron chi connectivity index (χ3n) is 4.55. The van der Waals surface area contributed by atoms with Crippen LogP contribution < -0.4 is 4.90 Å². The Morgan fingerprint density at radius 2 is 2.14 bits per heavy atom. The van der Waals surface area contributed by atoms with Crippen LogP contribution in [0.25, 0.3) is 0 Å². The highest BCUT2D eigenvalue weighted by atomic mass is 32.1. The van der Waals surface area contributed by atoms with E-state index in [9.17, 15) is 4.79 Å². The monoisotopic (exact) mass is 308 g/mol. The Labute approximate surface area is 130 Å². The number of anilines is 1. The quantitative estimate of drug-likeness (QED) is 0.719. The molecule has 2 aliphatic carbocycles. The van der Waals surface area contributed by atoms with Crippen LogP contribution in [0.1, 0.15) is 57.1 Å². The van der Waals surface area contributed by atoms with Gasteiger partial charge in [-0.1, -0.05) is 25.7 Å². The van der Waals surface area contributed by atoms with Crippen LogP contribution in [0.3, 0.4) is 0 Å². The summed E-state index contributed by atoms with van der Waals surface area (Å²) in [6, 6.07) is 0.665. The average Bonchev–Trinajstić information content (AvgIpc) is 3.02. The fourth-order valence-corrected chi connectivity index (χ4v) is 3.84. The molecule has 0 radical (unpaired) electrons. The van der Waals surface area contributed by atoms with E-state index in [1.807, 2.05) is 5.38 Å². The summed E-state index contributed by atoms with van der Waals surface area (Å²) in [6.07, 6.45) is 9.32. The van der Waals surface area contributed by atoms with Gasteiger partial charge in [-0.25, -0.2) is 4.98 Å². The lowest BCUT2D eigenvalue weighted by molar-refractivity contribution is -0.145. The van der Waals surface area contributed by atoms with E-state index in [1.54, 1.807) is 11.3 Å². The molecule has 1 aromatic rings. The fraction of sp³-hybridized carbons (Fsp3) is 0.750. The summed E-state index contributed by atoms with van der Waals surface area (Å²) in [4.78, 5) is 18.6. The van der Waals surface area contributed by atoms with Crippen molar-refractivity contribution < 1.29 is 9.53 Å². The molecule has 1 heterocycles. The fourth-order valence-electron chi connectivity index (χ4n) is 2.99. The van der Waals surface area contributed by atoms with Gasteiger partial charge in [0.1, 0.15) is 6.61 Å². The normalized spacial score (nSPS) is 18.9. The summed E-state index contributed by atoms with van der Waals surface area (Å²) in [6.45, 7) is 0.318. The molecule has 3 rings (SSSR count). The minimum absolute atomic E-state index is 0.0769. The molecule has 0 aromatic carbocycles. The van der Waals surface area contributed by atoms with Gasteiger partial charge in [-0.05, 0) is 25.2 Å². The van der Waals surface area contributed by atoms with Gasteiger partial charge >= 0.3 is 5.97 Å². The predicted molar refractivity (Wildman–Crippen MR) is 84.5 cm³/mol. The molecule has 0 N–H and O–H groups in total. The van der Waals surface area contributed by atoms with Crippen molar-refractivity contribution >= 4 is 22.4 Å². The van der Waals surface area contributed by atoms with E-state index in [1.165, 1.54) is 38.5 Å². The van der Waals surface area contributed by atoms with Gasteiger partial charge < -0.3 is 9.64 Å². The Morgan fingerprint density at radius 1 is 1.38 bits per heavy atom. The maximum atomic E-state index is 11.8. The van der Waals surface area contributed by atoms with Crippen LogP contribution in [0.2, 0.25) is 0 Å². The summed E-state index contributed by atoms with van der Waals surface area (Å²) in [5, 5.41) is 3.04. The smallest absolute Gasteiger partial charge is 0.306 e. The number of hydrogen-bond acceptors (Lipinski definition) is 5. The molecule has 21 heavy (non-hydrogen) atoms. The zero-order chi connectivity index (χ0) is 14.7. The molecule has 2 fully saturated rings. The Hall–Kier alpha value is -1.10. The van der Waals surface area contributed by atoms with Crippen molar-refractivity contribution in [1.82, 2.24) is 4.98 Å². The van der Waals surface area contributed by atoms with Crippen LogP contribution in [-0.4, -0.2) is 24.0 Å². The van der Waals surface area contributed by atoms with Gasteiger partial charge in [0.15, 0.2) is 5.13 Å². The molecule has 4 nitrogen and oxygen atoms in total. The van der Waals surface area contributed by atoms with Gasteiger partial charge in [-0.3, -0.25) is 4.79 Å². The number of hydrogen-bond donors (Lipinski definition) is 0. The zero-order valence-electron chi connectivity index (χ0n) is 12.7. The molecule has 0 atom stereocenters. The van der Waals surface area contributed by atoms with Gasteiger partial charge in [0.25, 0.3) is 0 Å². The molecule has 0 spiro atoms. The number of nitrogens with zero attached hydrogens (tertiary/aromatic N) is 2. The van der Waals surface area contributed by atoms with Crippen LogP contribution in [0.4, 0.5) is 5.13 Å². The van der Waals surface area contributed by atoms with Crippen LogP contribution in [0, 0.1) is 5.92 Å². The molecule has 2 saturated carbocycles. The second-order valence-corrected chi connectivity index (χ2v) is 7.15. The van der Waals surface area contributed by atoms with E-state index < -0.39 is 0 Å². The maximum absolute atomic E-state index is 11.8. The highest BCUT2D eigenvalue weighted by Crippen LogP contribution is 2.32. The van der Waals surface area contributed by atoms with E-state index in [0.29, 0.717) is 19.1 Å². The SMILES string of the molecule is CN(c1nc(COC(=O)CCC2CCCC2)cs1)C1CC1. The largest absolute Gasteiger partial charge is 0.459 e. The summed E-state index contributed by atoms with van der Waals surface area (Å²) in [5.41, 5.74) is 0.872. The molecule has 2 aliphatic rings. The number of esters is 1. The van der Waals surface area contributed by atoms with E-state index in [0.717, 1.165) is 23.2 Å². The van der Waals surface area contributed by atoms with Gasteiger partial charge in [0, 0.05) is 24.9 Å². The van der Waals surface area contributed by atoms with Crippen LogP contribution in [0.5, 0.6) is 0 Å². The first-order valence-electron chi connectivity index (χ1n) is 8.05. The van der Waals surface area contributed by atoms with Crippen molar-refractivity contribution in [2.45, 2.75) is 64.0 Å². The number of carbonyl (C=O) groups excluding carboxylic acids is 1. The standard InChI is InChI=1S/C16H24N2O2S/c1-18(14-7-8-14)16-17-13(11-21-16)10-20-15(19)9-6-12-4-2-3-5-12/h11-12,14H,2-10H2,1H3. The molecule has 0 unspecified atom stereocenters. The third kappa shape index (κ3) is 4.19. The summed E-state index contributed by atoms with van der Waals surface area (Å²) < 4.78 is 5.34. The van der Waals surface area contributed by atoms with Crippen LogP contribution in [0.15, 0.2) is 5.38 Å². The Bertz CT molecular complexity index is 478. The highest BCUT2D eigenvalue weighted by Gasteiger charge is 2.28. The number of aromatic nitrogens is 1. The molecule has 0 aliphatic heterocycles. The number of thiazole rings is 1. The minimum atomic E-state index is -0.0769. The van der Waals surface area contributed by atoms with Gasteiger partial charge in [0.2, 0.25) is 0 Å². The van der Waals surface area contributed by atoms with E-state index in [2.05, 4.69) is 16.9 Å². The Balaban J connectivity index is 1.38. The molecule has 5 heteroatoms. The number of carbonyl (C=O) groups is 1. The Kier molecular flexibility index (Phi) is 4.78. The van der Waals surface area contributed by atoms with E-state index >= 15 is 0 Å². The molecule has 1 aromatic heterocycles. The van der Waals surface area contributed by atoms with Crippen LogP contribution >= 0.6 is 11.3 Å². The van der Waals surface area contributed by atoms with Gasteiger partial charge in [0.05, 0.1) is 5.69 Å². The van der Waals surface area contributed by atoms with Gasteiger partial charge in [-0.2, -0.15) is 0 Å². The second-order valence-electron chi connectivity index (χ2n) is 6.31. The summed E-state index contributed by atoms with van der Waals surface area (Å²) >= 11 is 1.63. The van der Waals surface area contributed by atoms with E-state index in [-0.39, 0.29) is 5.97 Å².